The Morgan fingerprint density at radius 3 is 2.75 bits per heavy atom. The van der Waals surface area contributed by atoms with Gasteiger partial charge in [-0.15, -0.1) is 0 Å². The molecule has 0 spiro atoms. The predicted octanol–water partition coefficient (Wildman–Crippen LogP) is 3.50. The third kappa shape index (κ3) is 2.54. The number of carbonyl (C=O) groups is 1. The second-order valence-electron chi connectivity index (χ2n) is 5.17. The maximum absolute atomic E-state index is 11.0. The molecule has 20 heavy (non-hydrogen) atoms. The highest BCUT2D eigenvalue weighted by Gasteiger charge is 2.19. The molecule has 102 valence electrons. The monoisotopic (exact) mass is 268 g/mol. The van der Waals surface area contributed by atoms with Crippen molar-refractivity contribution in [3.63, 3.8) is 0 Å². The van der Waals surface area contributed by atoms with E-state index in [1.54, 1.807) is 24.4 Å². The van der Waals surface area contributed by atoms with Gasteiger partial charge in [-0.05, 0) is 31.0 Å². The van der Waals surface area contributed by atoms with E-state index < -0.39 is 5.97 Å². The third-order valence-electron chi connectivity index (χ3n) is 3.82. The van der Waals surface area contributed by atoms with E-state index in [2.05, 4.69) is 9.97 Å². The molecule has 1 aliphatic carbocycles. The van der Waals surface area contributed by atoms with Gasteiger partial charge < -0.3 is 5.11 Å². The van der Waals surface area contributed by atoms with Crippen molar-refractivity contribution in [1.82, 2.24) is 9.97 Å². The number of rotatable bonds is 3. The molecule has 1 aromatic heterocycles. The van der Waals surface area contributed by atoms with Crippen LogP contribution in [0.25, 0.3) is 11.4 Å². The van der Waals surface area contributed by atoms with Gasteiger partial charge in [-0.25, -0.2) is 14.8 Å². The highest BCUT2D eigenvalue weighted by Crippen LogP contribution is 2.33. The molecule has 1 fully saturated rings. The summed E-state index contributed by atoms with van der Waals surface area (Å²) in [6.45, 7) is 0. The van der Waals surface area contributed by atoms with Crippen LogP contribution in [0.2, 0.25) is 0 Å². The summed E-state index contributed by atoms with van der Waals surface area (Å²) in [6, 6.07) is 8.74. The minimum absolute atomic E-state index is 0.261. The number of hydrogen-bond donors (Lipinski definition) is 1. The van der Waals surface area contributed by atoms with E-state index >= 15 is 0 Å². The first-order valence-electron chi connectivity index (χ1n) is 6.91. The SMILES string of the molecule is O=C(O)c1cccc(-c2nccc(C3CCCC3)n2)c1. The quantitative estimate of drug-likeness (QED) is 0.925. The summed E-state index contributed by atoms with van der Waals surface area (Å²) in [5.74, 6) is 0.204. The normalized spacial score (nSPS) is 15.4. The summed E-state index contributed by atoms with van der Waals surface area (Å²) in [5.41, 5.74) is 2.09. The first-order valence-corrected chi connectivity index (χ1v) is 6.91. The third-order valence-corrected chi connectivity index (χ3v) is 3.82. The average Bonchev–Trinajstić information content (AvgIpc) is 3.02. The molecule has 1 aliphatic rings. The number of aromatic carboxylic acids is 1. The van der Waals surface area contributed by atoms with Gasteiger partial charge in [-0.2, -0.15) is 0 Å². The van der Waals surface area contributed by atoms with Crippen molar-refractivity contribution in [2.75, 3.05) is 0 Å². The first kappa shape index (κ1) is 12.8. The smallest absolute Gasteiger partial charge is 0.335 e. The Morgan fingerprint density at radius 2 is 2.00 bits per heavy atom. The highest BCUT2D eigenvalue weighted by atomic mass is 16.4. The van der Waals surface area contributed by atoms with Crippen LogP contribution in [0.5, 0.6) is 0 Å². The van der Waals surface area contributed by atoms with Crippen molar-refractivity contribution >= 4 is 5.97 Å². The van der Waals surface area contributed by atoms with Crippen LogP contribution < -0.4 is 0 Å². The molecule has 1 N–H and O–H groups in total. The zero-order chi connectivity index (χ0) is 13.9. The molecule has 0 aliphatic heterocycles. The van der Waals surface area contributed by atoms with Gasteiger partial charge in [0, 0.05) is 23.4 Å². The molecular formula is C16H16N2O2. The van der Waals surface area contributed by atoms with Gasteiger partial charge in [-0.3, -0.25) is 0 Å². The summed E-state index contributed by atoms with van der Waals surface area (Å²) in [6.07, 6.45) is 6.66. The standard InChI is InChI=1S/C16H16N2O2/c19-16(20)13-7-3-6-12(10-13)15-17-9-8-14(18-15)11-4-1-2-5-11/h3,6-11H,1-2,4-5H2,(H,19,20). The minimum Gasteiger partial charge on any atom is -0.478 e. The van der Waals surface area contributed by atoms with Gasteiger partial charge in [0.05, 0.1) is 5.56 Å². The van der Waals surface area contributed by atoms with E-state index in [0.717, 1.165) is 11.3 Å². The lowest BCUT2D eigenvalue weighted by molar-refractivity contribution is 0.0697. The summed E-state index contributed by atoms with van der Waals surface area (Å²) in [4.78, 5) is 19.9. The Hall–Kier alpha value is -2.23. The summed E-state index contributed by atoms with van der Waals surface area (Å²) >= 11 is 0. The molecule has 0 unspecified atom stereocenters. The number of aromatic nitrogens is 2. The number of benzene rings is 1. The van der Waals surface area contributed by atoms with Crippen molar-refractivity contribution < 1.29 is 9.90 Å². The predicted molar refractivity (Wildman–Crippen MR) is 75.6 cm³/mol. The molecular weight excluding hydrogens is 252 g/mol. The Labute approximate surface area is 117 Å². The van der Waals surface area contributed by atoms with Gasteiger partial charge in [0.25, 0.3) is 0 Å². The molecule has 3 rings (SSSR count). The van der Waals surface area contributed by atoms with E-state index in [1.165, 1.54) is 25.7 Å². The van der Waals surface area contributed by atoms with E-state index in [4.69, 9.17) is 5.11 Å². The topological polar surface area (TPSA) is 63.1 Å². The second kappa shape index (κ2) is 5.41. The van der Waals surface area contributed by atoms with Crippen LogP contribution in [0.3, 0.4) is 0 Å². The molecule has 1 heterocycles. The lowest BCUT2D eigenvalue weighted by Gasteiger charge is -2.09. The molecule has 4 heteroatoms. The van der Waals surface area contributed by atoms with Crippen LogP contribution in [0, 0.1) is 0 Å². The van der Waals surface area contributed by atoms with Crippen molar-refractivity contribution in [1.29, 1.82) is 0 Å². The lowest BCUT2D eigenvalue weighted by Crippen LogP contribution is -2.01. The molecule has 1 saturated carbocycles. The van der Waals surface area contributed by atoms with Crippen LogP contribution in [0.15, 0.2) is 36.5 Å². The molecule has 0 atom stereocenters. The van der Waals surface area contributed by atoms with Gasteiger partial charge >= 0.3 is 5.97 Å². The fraction of sp³-hybridized carbons (Fsp3) is 0.312. The first-order chi connectivity index (χ1) is 9.74. The summed E-state index contributed by atoms with van der Waals surface area (Å²) in [7, 11) is 0. The number of carboxylic acids is 1. The van der Waals surface area contributed by atoms with Crippen molar-refractivity contribution in [2.24, 2.45) is 0 Å². The molecule has 2 aromatic rings. The largest absolute Gasteiger partial charge is 0.478 e. The van der Waals surface area contributed by atoms with Gasteiger partial charge in [0.1, 0.15) is 0 Å². The molecule has 1 aromatic carbocycles. The zero-order valence-corrected chi connectivity index (χ0v) is 11.1. The molecule has 0 bridgehead atoms. The number of carboxylic acid groups (broad SMARTS) is 1. The molecule has 4 nitrogen and oxygen atoms in total. The lowest BCUT2D eigenvalue weighted by atomic mass is 10.0. The Kier molecular flexibility index (Phi) is 3.46. The Bertz CT molecular complexity index is 634. The van der Waals surface area contributed by atoms with E-state index in [9.17, 15) is 4.79 Å². The van der Waals surface area contributed by atoms with Crippen LogP contribution in [0.4, 0.5) is 0 Å². The highest BCUT2D eigenvalue weighted by molar-refractivity contribution is 5.89. The van der Waals surface area contributed by atoms with Gasteiger partial charge in [0.15, 0.2) is 5.82 Å². The Balaban J connectivity index is 1.95. The van der Waals surface area contributed by atoms with E-state index in [0.29, 0.717) is 11.7 Å². The van der Waals surface area contributed by atoms with Crippen molar-refractivity contribution in [3.8, 4) is 11.4 Å². The maximum atomic E-state index is 11.0. The molecule has 0 amide bonds. The van der Waals surface area contributed by atoms with Crippen LogP contribution >= 0.6 is 0 Å². The fourth-order valence-corrected chi connectivity index (χ4v) is 2.75. The average molecular weight is 268 g/mol. The molecule has 0 saturated heterocycles. The summed E-state index contributed by atoms with van der Waals surface area (Å²) < 4.78 is 0. The molecule has 0 radical (unpaired) electrons. The van der Waals surface area contributed by atoms with Crippen LogP contribution in [-0.4, -0.2) is 21.0 Å². The Morgan fingerprint density at radius 1 is 1.20 bits per heavy atom. The van der Waals surface area contributed by atoms with Crippen LogP contribution in [0.1, 0.15) is 47.7 Å². The summed E-state index contributed by atoms with van der Waals surface area (Å²) in [5, 5.41) is 9.04. The van der Waals surface area contributed by atoms with Gasteiger partial charge in [0.2, 0.25) is 0 Å². The van der Waals surface area contributed by atoms with Crippen molar-refractivity contribution in [2.45, 2.75) is 31.6 Å². The van der Waals surface area contributed by atoms with Crippen molar-refractivity contribution in [3.05, 3.63) is 47.8 Å². The number of nitrogens with zero attached hydrogens (tertiary/aromatic N) is 2. The number of hydrogen-bond acceptors (Lipinski definition) is 3. The zero-order valence-electron chi connectivity index (χ0n) is 11.1. The second-order valence-corrected chi connectivity index (χ2v) is 5.17. The minimum atomic E-state index is -0.932. The van der Waals surface area contributed by atoms with Gasteiger partial charge in [-0.1, -0.05) is 25.0 Å². The fourth-order valence-electron chi connectivity index (χ4n) is 2.75. The maximum Gasteiger partial charge on any atom is 0.335 e. The van der Waals surface area contributed by atoms with E-state index in [-0.39, 0.29) is 5.56 Å². The van der Waals surface area contributed by atoms with Crippen LogP contribution in [-0.2, 0) is 0 Å². The van der Waals surface area contributed by atoms with E-state index in [1.807, 2.05) is 12.1 Å².